The lowest BCUT2D eigenvalue weighted by atomic mass is 9.98. The van der Waals surface area contributed by atoms with Gasteiger partial charge in [0.05, 0.1) is 11.1 Å². The fourth-order valence-electron chi connectivity index (χ4n) is 5.04. The number of fused-ring (bicyclic) bond motifs is 4. The van der Waals surface area contributed by atoms with Crippen molar-refractivity contribution in [3.8, 4) is 22.4 Å². The van der Waals surface area contributed by atoms with Gasteiger partial charge in [-0.3, -0.25) is 0 Å². The number of furan rings is 1. The third-order valence-corrected chi connectivity index (χ3v) is 6.78. The van der Waals surface area contributed by atoms with Crippen molar-refractivity contribution in [3.63, 3.8) is 0 Å². The number of aromatic nitrogens is 1. The maximum absolute atomic E-state index is 15.3. The maximum Gasteiger partial charge on any atom is 0.216 e. The molecule has 0 saturated carbocycles. The minimum Gasteiger partial charge on any atom is -0.454 e. The van der Waals surface area contributed by atoms with Crippen LogP contribution in [0.1, 0.15) is 11.1 Å². The molecule has 32 heavy (non-hydrogen) atoms. The van der Waals surface area contributed by atoms with Gasteiger partial charge >= 0.3 is 0 Å². The molecule has 0 spiro atoms. The Bertz CT molecular complexity index is 1530. The minimum atomic E-state index is -0.263. The van der Waals surface area contributed by atoms with E-state index < -0.39 is 0 Å². The minimum absolute atomic E-state index is 0.263. The van der Waals surface area contributed by atoms with E-state index in [-0.39, 0.29) is 5.82 Å². The van der Waals surface area contributed by atoms with Gasteiger partial charge in [-0.25, -0.2) is 8.96 Å². The highest BCUT2D eigenvalue weighted by Crippen LogP contribution is 2.42. The second kappa shape index (κ2) is 6.92. The van der Waals surface area contributed by atoms with E-state index >= 15 is 4.39 Å². The molecule has 0 radical (unpaired) electrons. The highest BCUT2D eigenvalue weighted by atomic mass is 19.1. The average Bonchev–Trinajstić information content (AvgIpc) is 3.34. The number of likely N-dealkylation sites (N-methyl/N-ethyl adjacent to an activating group) is 1. The van der Waals surface area contributed by atoms with Crippen LogP contribution in [0.5, 0.6) is 0 Å². The first-order valence-corrected chi connectivity index (χ1v) is 11.0. The number of hydrogen-bond acceptors (Lipinski definition) is 2. The summed E-state index contributed by atoms with van der Waals surface area (Å²) in [5.74, 6) is -0.263. The Labute approximate surface area is 186 Å². The summed E-state index contributed by atoms with van der Waals surface area (Å²) in [5, 5.41) is 1.94. The molecule has 3 nitrogen and oxygen atoms in total. The molecular formula is C28H24FN2O+. The quantitative estimate of drug-likeness (QED) is 0.316. The first-order chi connectivity index (χ1) is 15.5. The fraction of sp³-hybridized carbons (Fsp3) is 0.179. The van der Waals surface area contributed by atoms with E-state index in [0.29, 0.717) is 11.1 Å². The van der Waals surface area contributed by atoms with Gasteiger partial charge in [0, 0.05) is 42.2 Å². The Morgan fingerprint density at radius 1 is 0.938 bits per heavy atom. The standard InChI is InChI=1S/C28H24FN2O/c1-17-7-10-20-21-11-12-22(29)26(19-9-8-18-13-15-31(3)24(18)16-19)28(21)32-27(20)25(17)23-6-4-5-14-30(23)2/h4-12,14,16H,13,15H2,1-3H3/q+1. The molecule has 0 N–H and O–H groups in total. The van der Waals surface area contributed by atoms with E-state index in [9.17, 15) is 0 Å². The topological polar surface area (TPSA) is 20.3 Å². The van der Waals surface area contributed by atoms with Crippen molar-refractivity contribution in [3.05, 3.63) is 83.8 Å². The molecule has 0 amide bonds. The van der Waals surface area contributed by atoms with Crippen LogP contribution in [0.3, 0.4) is 0 Å². The zero-order chi connectivity index (χ0) is 22.0. The van der Waals surface area contributed by atoms with Gasteiger partial charge in [0.1, 0.15) is 24.0 Å². The van der Waals surface area contributed by atoms with Gasteiger partial charge in [-0.05, 0) is 54.3 Å². The average molecular weight is 424 g/mol. The van der Waals surface area contributed by atoms with Gasteiger partial charge in [0.15, 0.2) is 6.20 Å². The summed E-state index contributed by atoms with van der Waals surface area (Å²) >= 11 is 0. The number of rotatable bonds is 2. The zero-order valence-electron chi connectivity index (χ0n) is 18.4. The Hall–Kier alpha value is -3.66. The van der Waals surface area contributed by atoms with Gasteiger partial charge in [0.2, 0.25) is 5.69 Å². The largest absolute Gasteiger partial charge is 0.454 e. The van der Waals surface area contributed by atoms with E-state index in [0.717, 1.165) is 51.7 Å². The maximum atomic E-state index is 15.3. The van der Waals surface area contributed by atoms with E-state index in [1.54, 1.807) is 6.07 Å². The lowest BCUT2D eigenvalue weighted by Gasteiger charge is -2.13. The summed E-state index contributed by atoms with van der Waals surface area (Å²) < 4.78 is 23.9. The molecule has 158 valence electrons. The summed E-state index contributed by atoms with van der Waals surface area (Å²) in [4.78, 5) is 2.23. The molecule has 0 saturated heterocycles. The molecule has 0 aliphatic carbocycles. The number of pyridine rings is 1. The van der Waals surface area contributed by atoms with Crippen LogP contribution in [-0.4, -0.2) is 13.6 Å². The number of nitrogens with zero attached hydrogens (tertiary/aromatic N) is 2. The molecule has 4 heteroatoms. The Morgan fingerprint density at radius 3 is 2.53 bits per heavy atom. The van der Waals surface area contributed by atoms with Crippen molar-refractivity contribution in [2.24, 2.45) is 7.05 Å². The van der Waals surface area contributed by atoms with Gasteiger partial charge in [-0.2, -0.15) is 0 Å². The molecule has 6 rings (SSSR count). The number of benzene rings is 3. The molecule has 0 atom stereocenters. The third kappa shape index (κ3) is 2.69. The Kier molecular flexibility index (Phi) is 4.12. The normalized spacial score (nSPS) is 13.3. The first kappa shape index (κ1) is 19.1. The SMILES string of the molecule is Cc1ccc2c(oc3c(-c4ccc5c(c4)N(C)CC5)c(F)ccc32)c1-c1cccc[n+]1C. The van der Waals surface area contributed by atoms with Gasteiger partial charge in [0.25, 0.3) is 0 Å². The van der Waals surface area contributed by atoms with Crippen LogP contribution in [0.4, 0.5) is 10.1 Å². The fourth-order valence-corrected chi connectivity index (χ4v) is 5.04. The second-order valence-corrected chi connectivity index (χ2v) is 8.75. The molecule has 2 aromatic heterocycles. The van der Waals surface area contributed by atoms with Gasteiger partial charge < -0.3 is 9.32 Å². The predicted molar refractivity (Wildman–Crippen MR) is 127 cm³/mol. The van der Waals surface area contributed by atoms with Crippen molar-refractivity contribution in [2.75, 3.05) is 18.5 Å². The summed E-state index contributed by atoms with van der Waals surface area (Å²) in [5.41, 5.74) is 8.49. The van der Waals surface area contributed by atoms with Crippen molar-refractivity contribution in [2.45, 2.75) is 13.3 Å². The number of hydrogen-bond donors (Lipinski definition) is 0. The van der Waals surface area contributed by atoms with E-state index in [2.05, 4.69) is 53.8 Å². The smallest absolute Gasteiger partial charge is 0.216 e. The van der Waals surface area contributed by atoms with Crippen LogP contribution >= 0.6 is 0 Å². The number of aryl methyl sites for hydroxylation is 2. The lowest BCUT2D eigenvalue weighted by Crippen LogP contribution is -2.30. The zero-order valence-corrected chi connectivity index (χ0v) is 18.4. The number of anilines is 1. The monoisotopic (exact) mass is 423 g/mol. The van der Waals surface area contributed by atoms with Crippen LogP contribution in [0.25, 0.3) is 44.3 Å². The van der Waals surface area contributed by atoms with Crippen LogP contribution in [-0.2, 0) is 13.5 Å². The van der Waals surface area contributed by atoms with Crippen LogP contribution in [0.2, 0.25) is 0 Å². The summed E-state index contributed by atoms with van der Waals surface area (Å²) in [7, 11) is 4.12. The molecule has 1 aliphatic heterocycles. The van der Waals surface area contributed by atoms with Crippen LogP contribution < -0.4 is 9.47 Å². The van der Waals surface area contributed by atoms with Crippen LogP contribution in [0, 0.1) is 12.7 Å². The second-order valence-electron chi connectivity index (χ2n) is 8.75. The predicted octanol–water partition coefficient (Wildman–Crippen LogP) is 6.18. The Balaban J connectivity index is 1.67. The van der Waals surface area contributed by atoms with Crippen molar-refractivity contribution >= 4 is 27.6 Å². The number of halogens is 1. The highest BCUT2D eigenvalue weighted by Gasteiger charge is 2.24. The molecular weight excluding hydrogens is 399 g/mol. The molecule has 1 aliphatic rings. The molecule has 0 bridgehead atoms. The van der Waals surface area contributed by atoms with Gasteiger partial charge in [-0.1, -0.05) is 24.3 Å². The van der Waals surface area contributed by atoms with Crippen molar-refractivity contribution in [1.29, 1.82) is 0 Å². The molecule has 3 aromatic carbocycles. The first-order valence-electron chi connectivity index (χ1n) is 11.0. The highest BCUT2D eigenvalue weighted by molar-refractivity contribution is 6.13. The van der Waals surface area contributed by atoms with Crippen molar-refractivity contribution in [1.82, 2.24) is 0 Å². The van der Waals surface area contributed by atoms with E-state index in [4.69, 9.17) is 4.42 Å². The summed E-state index contributed by atoms with van der Waals surface area (Å²) in [6, 6.07) is 20.0. The lowest BCUT2D eigenvalue weighted by molar-refractivity contribution is -0.660. The summed E-state index contributed by atoms with van der Waals surface area (Å²) in [6.45, 7) is 3.08. The Morgan fingerprint density at radius 2 is 1.72 bits per heavy atom. The third-order valence-electron chi connectivity index (χ3n) is 6.78. The van der Waals surface area contributed by atoms with Crippen LogP contribution in [0.15, 0.2) is 71.3 Å². The molecule has 5 aromatic rings. The van der Waals surface area contributed by atoms with E-state index in [1.807, 2.05) is 37.5 Å². The van der Waals surface area contributed by atoms with Gasteiger partial charge in [-0.15, -0.1) is 0 Å². The summed E-state index contributed by atoms with van der Waals surface area (Å²) in [6.07, 6.45) is 3.06. The van der Waals surface area contributed by atoms with E-state index in [1.165, 1.54) is 11.3 Å². The molecule has 0 unspecified atom stereocenters. The molecule has 3 heterocycles. The molecule has 0 fully saturated rings. The van der Waals surface area contributed by atoms with Crippen molar-refractivity contribution < 1.29 is 13.4 Å².